The minimum Gasteiger partial charge on any atom is -0.258 e. The van der Waals surface area contributed by atoms with Crippen LogP contribution in [0.4, 0.5) is 5.69 Å². The van der Waals surface area contributed by atoms with Crippen LogP contribution in [0.15, 0.2) is 60.0 Å². The molecule has 0 radical (unpaired) electrons. The van der Waals surface area contributed by atoms with Gasteiger partial charge in [0, 0.05) is 34.0 Å². The molecule has 0 saturated heterocycles. The van der Waals surface area contributed by atoms with Crippen molar-refractivity contribution in [3.8, 4) is 17.3 Å². The maximum Gasteiger partial charge on any atom is 0.269 e. The van der Waals surface area contributed by atoms with Gasteiger partial charge >= 0.3 is 0 Å². The van der Waals surface area contributed by atoms with Crippen LogP contribution in [0.1, 0.15) is 10.6 Å². The highest BCUT2D eigenvalue weighted by Crippen LogP contribution is 2.30. The summed E-state index contributed by atoms with van der Waals surface area (Å²) in [5.74, 6) is 0. The number of nitro groups is 1. The molecule has 140 valence electrons. The molecule has 0 N–H and O–H groups in total. The summed E-state index contributed by atoms with van der Waals surface area (Å²) in [5, 5.41) is 24.0. The molecule has 6 nitrogen and oxygen atoms in total. The predicted molar refractivity (Wildman–Crippen MR) is 114 cm³/mol. The molecule has 0 aliphatic carbocycles. The maximum absolute atomic E-state index is 10.8. The number of rotatable bonds is 4. The Balaban J connectivity index is 1.69. The highest BCUT2D eigenvalue weighted by atomic mass is 35.5. The summed E-state index contributed by atoms with van der Waals surface area (Å²) < 4.78 is 0. The van der Waals surface area contributed by atoms with Crippen LogP contribution in [0.25, 0.3) is 33.8 Å². The molecule has 8 heteroatoms. The second kappa shape index (κ2) is 7.80. The van der Waals surface area contributed by atoms with Crippen molar-refractivity contribution in [1.29, 1.82) is 5.26 Å². The van der Waals surface area contributed by atoms with Crippen LogP contribution >= 0.6 is 22.9 Å². The minimum atomic E-state index is -0.450. The molecule has 0 bridgehead atoms. The monoisotopic (exact) mass is 418 g/mol. The standard InChI is InChI=1S/C21H11ClN4O2S/c22-20-15(9-14-3-1-2-4-18(14)24-20)10-16(11-23)21-25-19(12-29-21)13-5-7-17(8-6-13)26(27)28/h1-10,12H/b16-10+. The van der Waals surface area contributed by atoms with Crippen LogP contribution in [0, 0.1) is 21.4 Å². The van der Waals surface area contributed by atoms with E-state index in [-0.39, 0.29) is 5.69 Å². The number of nitriles is 1. The smallest absolute Gasteiger partial charge is 0.258 e. The SMILES string of the molecule is N#C/C(=C\c1cc2ccccc2nc1Cl)c1nc(-c2ccc([N+](=O)[O-])cc2)cs1. The average molecular weight is 419 g/mol. The van der Waals surface area contributed by atoms with Crippen LogP contribution in [0.3, 0.4) is 0 Å². The van der Waals surface area contributed by atoms with Gasteiger partial charge in [0.1, 0.15) is 16.2 Å². The second-order valence-corrected chi connectivity index (χ2v) is 7.29. The zero-order valence-electron chi connectivity index (χ0n) is 14.7. The van der Waals surface area contributed by atoms with Gasteiger partial charge in [0.15, 0.2) is 0 Å². The Morgan fingerprint density at radius 3 is 2.66 bits per heavy atom. The van der Waals surface area contributed by atoms with Gasteiger partial charge in [-0.25, -0.2) is 9.97 Å². The van der Waals surface area contributed by atoms with Crippen molar-refractivity contribution in [1.82, 2.24) is 9.97 Å². The molecule has 2 heterocycles. The number of pyridine rings is 1. The first-order valence-corrected chi connectivity index (χ1v) is 9.69. The number of allylic oxidation sites excluding steroid dienone is 1. The lowest BCUT2D eigenvalue weighted by molar-refractivity contribution is -0.384. The number of fused-ring (bicyclic) bond motifs is 1. The Morgan fingerprint density at radius 1 is 1.17 bits per heavy atom. The molecule has 4 aromatic rings. The highest BCUT2D eigenvalue weighted by Gasteiger charge is 2.12. The Hall–Kier alpha value is -3.60. The van der Waals surface area contributed by atoms with Crippen molar-refractivity contribution in [3.05, 3.63) is 85.8 Å². The minimum absolute atomic E-state index is 0.0141. The summed E-state index contributed by atoms with van der Waals surface area (Å²) in [5.41, 5.74) is 3.17. The number of nitro benzene ring substituents is 1. The zero-order chi connectivity index (χ0) is 20.4. The number of halogens is 1. The lowest BCUT2D eigenvalue weighted by atomic mass is 10.1. The summed E-state index contributed by atoms with van der Waals surface area (Å²) in [6.07, 6.45) is 1.67. The maximum atomic E-state index is 10.8. The Bertz CT molecular complexity index is 1310. The van der Waals surface area contributed by atoms with E-state index in [1.807, 2.05) is 35.7 Å². The van der Waals surface area contributed by atoms with Gasteiger partial charge in [0.2, 0.25) is 0 Å². The van der Waals surface area contributed by atoms with Crippen molar-refractivity contribution in [2.45, 2.75) is 0 Å². The largest absolute Gasteiger partial charge is 0.269 e. The van der Waals surface area contributed by atoms with E-state index in [2.05, 4.69) is 16.0 Å². The summed E-state index contributed by atoms with van der Waals surface area (Å²) in [6, 6.07) is 17.8. The van der Waals surface area contributed by atoms with Crippen molar-refractivity contribution in [2.75, 3.05) is 0 Å². The number of aromatic nitrogens is 2. The third kappa shape index (κ3) is 3.85. The first kappa shape index (κ1) is 18.7. The van der Waals surface area contributed by atoms with Crippen LogP contribution in [-0.4, -0.2) is 14.9 Å². The van der Waals surface area contributed by atoms with Gasteiger partial charge in [0.25, 0.3) is 5.69 Å². The molecule has 2 aromatic carbocycles. The first-order chi connectivity index (χ1) is 14.0. The average Bonchev–Trinajstić information content (AvgIpc) is 3.22. The fourth-order valence-electron chi connectivity index (χ4n) is 2.79. The van der Waals surface area contributed by atoms with Crippen molar-refractivity contribution in [3.63, 3.8) is 0 Å². The molecule has 0 saturated carbocycles. The number of hydrogen-bond acceptors (Lipinski definition) is 6. The first-order valence-electron chi connectivity index (χ1n) is 8.43. The molecule has 0 unspecified atom stereocenters. The summed E-state index contributed by atoms with van der Waals surface area (Å²) >= 11 is 7.61. The van der Waals surface area contributed by atoms with E-state index in [1.165, 1.54) is 23.5 Å². The third-order valence-corrected chi connectivity index (χ3v) is 5.41. The molecular weight excluding hydrogens is 408 g/mol. The number of thiazole rings is 1. The molecule has 0 fully saturated rings. The van der Waals surface area contributed by atoms with E-state index in [0.29, 0.717) is 27.0 Å². The van der Waals surface area contributed by atoms with Gasteiger partial charge < -0.3 is 0 Å². The van der Waals surface area contributed by atoms with E-state index >= 15 is 0 Å². The Morgan fingerprint density at radius 2 is 1.93 bits per heavy atom. The van der Waals surface area contributed by atoms with Crippen LogP contribution in [-0.2, 0) is 0 Å². The quantitative estimate of drug-likeness (QED) is 0.176. The van der Waals surface area contributed by atoms with Crippen molar-refractivity contribution >= 4 is 51.2 Å². The van der Waals surface area contributed by atoms with Gasteiger partial charge in [-0.2, -0.15) is 5.26 Å². The van der Waals surface area contributed by atoms with E-state index in [9.17, 15) is 15.4 Å². The Kier molecular flexibility index (Phi) is 5.04. The zero-order valence-corrected chi connectivity index (χ0v) is 16.3. The van der Waals surface area contributed by atoms with Crippen LogP contribution < -0.4 is 0 Å². The van der Waals surface area contributed by atoms with Crippen molar-refractivity contribution < 1.29 is 4.92 Å². The molecule has 2 aromatic heterocycles. The molecular formula is C21H11ClN4O2S. The molecule has 4 rings (SSSR count). The normalized spacial score (nSPS) is 11.4. The van der Waals surface area contributed by atoms with E-state index in [4.69, 9.17) is 11.6 Å². The number of non-ortho nitro benzene ring substituents is 1. The van der Waals surface area contributed by atoms with Gasteiger partial charge in [-0.3, -0.25) is 10.1 Å². The molecule has 29 heavy (non-hydrogen) atoms. The number of hydrogen-bond donors (Lipinski definition) is 0. The predicted octanol–water partition coefficient (Wildman–Crippen LogP) is 5.98. The molecule has 0 atom stereocenters. The van der Waals surface area contributed by atoms with Gasteiger partial charge in [-0.15, -0.1) is 11.3 Å². The topological polar surface area (TPSA) is 92.7 Å². The van der Waals surface area contributed by atoms with E-state index in [0.717, 1.165) is 16.5 Å². The Labute approximate surface area is 174 Å². The highest BCUT2D eigenvalue weighted by molar-refractivity contribution is 7.11. The molecule has 0 amide bonds. The van der Waals surface area contributed by atoms with Crippen molar-refractivity contribution in [2.24, 2.45) is 0 Å². The number of para-hydroxylation sites is 1. The third-order valence-electron chi connectivity index (χ3n) is 4.23. The van der Waals surface area contributed by atoms with E-state index < -0.39 is 4.92 Å². The van der Waals surface area contributed by atoms with Gasteiger partial charge in [0.05, 0.1) is 21.7 Å². The summed E-state index contributed by atoms with van der Waals surface area (Å²) in [7, 11) is 0. The lowest BCUT2D eigenvalue weighted by Gasteiger charge is -2.02. The number of benzene rings is 2. The molecule has 0 aliphatic heterocycles. The van der Waals surface area contributed by atoms with Gasteiger partial charge in [-0.1, -0.05) is 29.8 Å². The molecule has 0 spiro atoms. The summed E-state index contributed by atoms with van der Waals surface area (Å²) in [6.45, 7) is 0. The van der Waals surface area contributed by atoms with E-state index in [1.54, 1.807) is 18.2 Å². The second-order valence-electron chi connectivity index (χ2n) is 6.07. The lowest BCUT2D eigenvalue weighted by Crippen LogP contribution is -1.88. The number of nitrogens with zero attached hydrogens (tertiary/aromatic N) is 4. The van der Waals surface area contributed by atoms with Crippen LogP contribution in [0.2, 0.25) is 5.15 Å². The summed E-state index contributed by atoms with van der Waals surface area (Å²) in [4.78, 5) is 19.2. The molecule has 0 aliphatic rings. The fraction of sp³-hybridized carbons (Fsp3) is 0. The van der Waals surface area contributed by atoms with Gasteiger partial charge in [-0.05, 0) is 30.3 Å². The fourth-order valence-corrected chi connectivity index (χ4v) is 3.79. The van der Waals surface area contributed by atoms with Crippen LogP contribution in [0.5, 0.6) is 0 Å².